The Balaban J connectivity index is 1.81. The summed E-state index contributed by atoms with van der Waals surface area (Å²) in [5.74, 6) is 1.65. The molecule has 0 spiro atoms. The summed E-state index contributed by atoms with van der Waals surface area (Å²) in [6.45, 7) is 0.725. The Morgan fingerprint density at radius 1 is 1.36 bits per heavy atom. The Kier molecular flexibility index (Phi) is 2.96. The van der Waals surface area contributed by atoms with Crippen LogP contribution in [0.15, 0.2) is 11.5 Å². The topological polar surface area (TPSA) is 64.6 Å². The summed E-state index contributed by atoms with van der Waals surface area (Å²) >= 11 is 0. The molecule has 2 aliphatic rings. The summed E-state index contributed by atoms with van der Waals surface area (Å²) in [6.07, 6.45) is 7.44. The van der Waals surface area contributed by atoms with Gasteiger partial charge in [-0.1, -0.05) is 19.3 Å². The van der Waals surface area contributed by atoms with Gasteiger partial charge in [-0.3, -0.25) is 0 Å². The van der Waals surface area contributed by atoms with Crippen molar-refractivity contribution in [3.05, 3.63) is 11.5 Å². The highest BCUT2D eigenvalue weighted by atomic mass is 16.6. The van der Waals surface area contributed by atoms with E-state index in [9.17, 15) is 0 Å². The van der Waals surface area contributed by atoms with Crippen LogP contribution in [0.2, 0.25) is 0 Å². The minimum atomic E-state index is 0.243. The minimum absolute atomic E-state index is 0.243. The second-order valence-corrected chi connectivity index (χ2v) is 4.50. The van der Waals surface area contributed by atoms with Crippen LogP contribution < -0.4 is 11.5 Å². The zero-order valence-electron chi connectivity index (χ0n) is 8.67. The van der Waals surface area contributed by atoms with Crippen molar-refractivity contribution >= 4 is 0 Å². The molecule has 0 radical (unpaired) electrons. The Bertz CT molecular complexity index is 225. The average molecular weight is 196 g/mol. The van der Waals surface area contributed by atoms with Gasteiger partial charge in [-0.15, -0.1) is 0 Å². The van der Waals surface area contributed by atoms with E-state index in [1.165, 1.54) is 32.1 Å². The fourth-order valence-corrected chi connectivity index (χ4v) is 2.32. The molecule has 0 aromatic carbocycles. The third kappa shape index (κ3) is 2.41. The van der Waals surface area contributed by atoms with Gasteiger partial charge in [0.1, 0.15) is 6.61 Å². The maximum atomic E-state index is 6.15. The van der Waals surface area contributed by atoms with Crippen LogP contribution in [0.1, 0.15) is 38.5 Å². The van der Waals surface area contributed by atoms with E-state index in [0.29, 0.717) is 5.92 Å². The molecule has 80 valence electrons. The highest BCUT2D eigenvalue weighted by Gasteiger charge is 2.24. The average Bonchev–Trinajstić information content (AvgIpc) is 3.02. The third-order valence-electron chi connectivity index (χ3n) is 3.36. The smallest absolute Gasteiger partial charge is 0.153 e. The van der Waals surface area contributed by atoms with E-state index in [1.54, 1.807) is 0 Å². The molecule has 3 heteroatoms. The summed E-state index contributed by atoms with van der Waals surface area (Å²) in [4.78, 5) is 0. The van der Waals surface area contributed by atoms with Crippen molar-refractivity contribution in [2.45, 2.75) is 44.6 Å². The number of hydrogen-bond acceptors (Lipinski definition) is 3. The molecule has 0 aromatic rings. The van der Waals surface area contributed by atoms with Gasteiger partial charge in [-0.25, -0.2) is 0 Å². The summed E-state index contributed by atoms with van der Waals surface area (Å²) in [6, 6.07) is 0.243. The van der Waals surface area contributed by atoms with Gasteiger partial charge in [0.15, 0.2) is 5.76 Å². The second-order valence-electron chi connectivity index (χ2n) is 4.50. The van der Waals surface area contributed by atoms with E-state index in [-0.39, 0.29) is 6.04 Å². The van der Waals surface area contributed by atoms with Gasteiger partial charge >= 0.3 is 0 Å². The van der Waals surface area contributed by atoms with Crippen molar-refractivity contribution in [3.63, 3.8) is 0 Å². The fourth-order valence-electron chi connectivity index (χ4n) is 2.32. The molecule has 0 bridgehead atoms. The lowest BCUT2D eigenvalue weighted by atomic mass is 9.83. The maximum absolute atomic E-state index is 6.15. The predicted molar refractivity (Wildman–Crippen MR) is 56.3 cm³/mol. The van der Waals surface area contributed by atoms with E-state index in [0.717, 1.165) is 24.5 Å². The first-order valence-corrected chi connectivity index (χ1v) is 5.63. The molecule has 14 heavy (non-hydrogen) atoms. The van der Waals surface area contributed by atoms with Crippen LogP contribution in [0.5, 0.6) is 0 Å². The number of nitrogens with two attached hydrogens (primary N) is 2. The van der Waals surface area contributed by atoms with Crippen molar-refractivity contribution in [2.24, 2.45) is 17.4 Å². The predicted octanol–water partition coefficient (Wildman–Crippen LogP) is 1.48. The summed E-state index contributed by atoms with van der Waals surface area (Å²) in [7, 11) is 0. The van der Waals surface area contributed by atoms with Crippen molar-refractivity contribution < 1.29 is 4.74 Å². The summed E-state index contributed by atoms with van der Waals surface area (Å²) < 4.78 is 5.06. The van der Waals surface area contributed by atoms with Crippen molar-refractivity contribution in [2.75, 3.05) is 6.61 Å². The van der Waals surface area contributed by atoms with Gasteiger partial charge in [0.25, 0.3) is 0 Å². The van der Waals surface area contributed by atoms with Gasteiger partial charge in [0.2, 0.25) is 0 Å². The summed E-state index contributed by atoms with van der Waals surface area (Å²) in [5, 5.41) is 0. The molecule has 1 saturated carbocycles. The lowest BCUT2D eigenvalue weighted by Crippen LogP contribution is -2.33. The molecule has 1 aliphatic carbocycles. The van der Waals surface area contributed by atoms with E-state index < -0.39 is 0 Å². The van der Waals surface area contributed by atoms with Crippen molar-refractivity contribution in [3.8, 4) is 0 Å². The molecule has 0 amide bonds. The number of ether oxygens (including phenoxy) is 1. The van der Waals surface area contributed by atoms with E-state index >= 15 is 0 Å². The standard InChI is InChI=1S/C11H20N2O/c12-9(6-10(13)11-7-14-11)8-4-2-1-3-5-8/h8-9H,1-7,12-13H2. The van der Waals surface area contributed by atoms with E-state index in [2.05, 4.69) is 0 Å². The zero-order chi connectivity index (χ0) is 9.97. The molecule has 1 heterocycles. The lowest BCUT2D eigenvalue weighted by Gasteiger charge is -2.27. The van der Waals surface area contributed by atoms with Crippen LogP contribution in [-0.4, -0.2) is 12.6 Å². The lowest BCUT2D eigenvalue weighted by molar-refractivity contribution is 0.302. The van der Waals surface area contributed by atoms with Gasteiger partial charge in [-0.05, 0) is 18.8 Å². The third-order valence-corrected chi connectivity index (χ3v) is 3.36. The van der Waals surface area contributed by atoms with E-state index in [4.69, 9.17) is 16.2 Å². The molecular weight excluding hydrogens is 176 g/mol. The molecule has 1 aliphatic heterocycles. The maximum Gasteiger partial charge on any atom is 0.153 e. The van der Waals surface area contributed by atoms with Gasteiger partial charge < -0.3 is 16.2 Å². The second kappa shape index (κ2) is 4.22. The number of rotatable bonds is 3. The minimum Gasteiger partial charge on any atom is -0.485 e. The Morgan fingerprint density at radius 3 is 2.57 bits per heavy atom. The SMILES string of the molecule is NC(CC(N)C1CCCCC1)=C1CO1. The Labute approximate surface area is 85.5 Å². The van der Waals surface area contributed by atoms with Crippen LogP contribution in [0.4, 0.5) is 0 Å². The first-order valence-electron chi connectivity index (χ1n) is 5.63. The fraction of sp³-hybridized carbons (Fsp3) is 0.818. The van der Waals surface area contributed by atoms with Crippen molar-refractivity contribution in [1.82, 2.24) is 0 Å². The molecule has 4 N–H and O–H groups in total. The molecule has 2 fully saturated rings. The zero-order valence-corrected chi connectivity index (χ0v) is 8.67. The highest BCUT2D eigenvalue weighted by Crippen LogP contribution is 2.29. The van der Waals surface area contributed by atoms with Crippen LogP contribution in [-0.2, 0) is 4.74 Å². The van der Waals surface area contributed by atoms with Crippen LogP contribution in [0, 0.1) is 5.92 Å². The molecule has 1 unspecified atom stereocenters. The van der Waals surface area contributed by atoms with Crippen LogP contribution in [0.25, 0.3) is 0 Å². The van der Waals surface area contributed by atoms with Crippen molar-refractivity contribution in [1.29, 1.82) is 0 Å². The molecule has 2 rings (SSSR count). The van der Waals surface area contributed by atoms with Gasteiger partial charge in [-0.2, -0.15) is 0 Å². The Hall–Kier alpha value is -0.700. The molecule has 3 nitrogen and oxygen atoms in total. The quantitative estimate of drug-likeness (QED) is 0.672. The van der Waals surface area contributed by atoms with E-state index in [1.807, 2.05) is 0 Å². The van der Waals surface area contributed by atoms with Gasteiger partial charge in [0, 0.05) is 12.5 Å². The summed E-state index contributed by atoms with van der Waals surface area (Å²) in [5.41, 5.74) is 12.9. The first-order chi connectivity index (χ1) is 6.77. The van der Waals surface area contributed by atoms with Crippen LogP contribution in [0.3, 0.4) is 0 Å². The molecular formula is C11H20N2O. The molecule has 1 saturated heterocycles. The Morgan fingerprint density at radius 2 is 2.00 bits per heavy atom. The van der Waals surface area contributed by atoms with Crippen LogP contribution >= 0.6 is 0 Å². The number of epoxide rings is 1. The monoisotopic (exact) mass is 196 g/mol. The largest absolute Gasteiger partial charge is 0.485 e. The van der Waals surface area contributed by atoms with Gasteiger partial charge in [0.05, 0.1) is 5.70 Å². The molecule has 1 atom stereocenters. The number of hydrogen-bond donors (Lipinski definition) is 2. The first kappa shape index (κ1) is 9.84. The highest BCUT2D eigenvalue weighted by molar-refractivity contribution is 5.14. The molecule has 0 aromatic heterocycles. The normalized spacial score (nSPS) is 28.1.